The van der Waals surface area contributed by atoms with Gasteiger partial charge in [-0.15, -0.1) is 12.4 Å². The van der Waals surface area contributed by atoms with Gasteiger partial charge in [0.15, 0.2) is 0 Å². The van der Waals surface area contributed by atoms with Gasteiger partial charge in [0, 0.05) is 6.07 Å². The van der Waals surface area contributed by atoms with Crippen molar-refractivity contribution in [3.05, 3.63) is 53.6 Å². The molecule has 3 N–H and O–H groups in total. The minimum Gasteiger partial charge on any atom is -0.497 e. The van der Waals surface area contributed by atoms with Gasteiger partial charge in [-0.2, -0.15) is 0 Å². The molecular formula is C19H22ClNO5. The van der Waals surface area contributed by atoms with Gasteiger partial charge in [-0.05, 0) is 35.4 Å². The molecule has 2 aromatic rings. The number of methoxy groups -OCH3 is 2. The van der Waals surface area contributed by atoms with Crippen LogP contribution in [-0.2, 0) is 4.79 Å². The second-order valence-corrected chi connectivity index (χ2v) is 5.26. The van der Waals surface area contributed by atoms with E-state index in [4.69, 9.17) is 25.1 Å². The van der Waals surface area contributed by atoms with Crippen molar-refractivity contribution in [3.8, 4) is 17.2 Å². The number of ether oxygens (including phenoxy) is 3. The van der Waals surface area contributed by atoms with Gasteiger partial charge >= 0.3 is 5.97 Å². The maximum atomic E-state index is 11.5. The summed E-state index contributed by atoms with van der Waals surface area (Å²) in [5.41, 5.74) is 7.25. The van der Waals surface area contributed by atoms with Crippen LogP contribution in [0.5, 0.6) is 17.2 Å². The molecule has 0 saturated heterocycles. The van der Waals surface area contributed by atoms with Crippen molar-refractivity contribution in [2.24, 2.45) is 5.73 Å². The number of esters is 1. The predicted molar refractivity (Wildman–Crippen MR) is 103 cm³/mol. The van der Waals surface area contributed by atoms with Gasteiger partial charge in [0.2, 0.25) is 0 Å². The molecule has 1 unspecified atom stereocenters. The number of hydrogen-bond donors (Lipinski definition) is 2. The van der Waals surface area contributed by atoms with E-state index in [-0.39, 0.29) is 12.4 Å². The highest BCUT2D eigenvalue weighted by atomic mass is 35.5. The molecule has 1 atom stereocenters. The molecule has 26 heavy (non-hydrogen) atoms. The Kier molecular flexibility index (Phi) is 8.64. The van der Waals surface area contributed by atoms with Crippen LogP contribution in [-0.4, -0.2) is 37.9 Å². The lowest BCUT2D eigenvalue weighted by molar-refractivity contribution is -0.136. The third kappa shape index (κ3) is 6.07. The van der Waals surface area contributed by atoms with Crippen LogP contribution in [0.15, 0.2) is 42.5 Å². The molecule has 0 aromatic heterocycles. The number of carbonyl (C=O) groups excluding carboxylic acids is 1. The second kappa shape index (κ2) is 10.5. The van der Waals surface area contributed by atoms with E-state index in [1.54, 1.807) is 44.6 Å². The highest BCUT2D eigenvalue weighted by Crippen LogP contribution is 2.24. The van der Waals surface area contributed by atoms with E-state index < -0.39 is 18.6 Å². The van der Waals surface area contributed by atoms with E-state index in [9.17, 15) is 4.79 Å². The van der Waals surface area contributed by atoms with Gasteiger partial charge in [-0.25, -0.2) is 4.79 Å². The number of nitrogens with two attached hydrogens (primary N) is 1. The minimum atomic E-state index is -1.04. The second-order valence-electron chi connectivity index (χ2n) is 5.26. The molecule has 0 bridgehead atoms. The first kappa shape index (κ1) is 21.5. The molecule has 0 aliphatic heterocycles. The van der Waals surface area contributed by atoms with Crippen molar-refractivity contribution >= 4 is 30.5 Å². The largest absolute Gasteiger partial charge is 0.497 e. The van der Waals surface area contributed by atoms with E-state index in [0.29, 0.717) is 17.2 Å². The van der Waals surface area contributed by atoms with E-state index in [1.807, 2.05) is 24.3 Å². The molecule has 7 heteroatoms. The number of carbonyl (C=O) groups is 1. The van der Waals surface area contributed by atoms with Gasteiger partial charge in [0.25, 0.3) is 0 Å². The number of rotatable bonds is 7. The van der Waals surface area contributed by atoms with Gasteiger partial charge in [0.1, 0.15) is 23.3 Å². The standard InChI is InChI=1S/C19H21NO5.ClH/c1-23-16-9-14(10-17(11-16)24-2)4-3-13-5-7-15(8-6-13)25-19(22)18(20)12-21;/h3-11,18,21H,12,20H2,1-2H3;1H. The number of aliphatic hydroxyl groups is 1. The third-order valence-corrected chi connectivity index (χ3v) is 3.44. The summed E-state index contributed by atoms with van der Waals surface area (Å²) in [5.74, 6) is 1.12. The summed E-state index contributed by atoms with van der Waals surface area (Å²) in [6.45, 7) is -0.455. The molecule has 0 radical (unpaired) electrons. The van der Waals surface area contributed by atoms with Crippen molar-refractivity contribution in [3.63, 3.8) is 0 Å². The molecule has 0 saturated carbocycles. The maximum Gasteiger partial charge on any atom is 0.330 e. The van der Waals surface area contributed by atoms with Crippen LogP contribution >= 0.6 is 12.4 Å². The van der Waals surface area contributed by atoms with Crippen LogP contribution < -0.4 is 19.9 Å². The fourth-order valence-electron chi connectivity index (χ4n) is 2.03. The lowest BCUT2D eigenvalue weighted by Gasteiger charge is -2.08. The zero-order chi connectivity index (χ0) is 18.2. The first-order valence-corrected chi connectivity index (χ1v) is 7.65. The normalized spacial score (nSPS) is 11.5. The summed E-state index contributed by atoms with van der Waals surface area (Å²) in [7, 11) is 3.20. The van der Waals surface area contributed by atoms with Crippen molar-refractivity contribution in [2.45, 2.75) is 6.04 Å². The summed E-state index contributed by atoms with van der Waals surface area (Å²) >= 11 is 0. The van der Waals surface area contributed by atoms with Crippen molar-refractivity contribution in [2.75, 3.05) is 20.8 Å². The molecule has 0 heterocycles. The number of benzene rings is 2. The monoisotopic (exact) mass is 379 g/mol. The average Bonchev–Trinajstić information content (AvgIpc) is 2.66. The van der Waals surface area contributed by atoms with Crippen LogP contribution in [0.25, 0.3) is 12.2 Å². The van der Waals surface area contributed by atoms with Crippen LogP contribution in [0.2, 0.25) is 0 Å². The van der Waals surface area contributed by atoms with Crippen LogP contribution in [0.4, 0.5) is 0 Å². The highest BCUT2D eigenvalue weighted by Gasteiger charge is 2.14. The fourth-order valence-corrected chi connectivity index (χ4v) is 2.03. The van der Waals surface area contributed by atoms with Gasteiger partial charge in [-0.1, -0.05) is 24.3 Å². The van der Waals surface area contributed by atoms with E-state index in [1.165, 1.54) is 0 Å². The Bertz CT molecular complexity index is 724. The first-order chi connectivity index (χ1) is 12.0. The zero-order valence-corrected chi connectivity index (χ0v) is 15.4. The smallest absolute Gasteiger partial charge is 0.330 e. The van der Waals surface area contributed by atoms with Crippen molar-refractivity contribution in [1.29, 1.82) is 0 Å². The van der Waals surface area contributed by atoms with Crippen molar-refractivity contribution in [1.82, 2.24) is 0 Å². The summed E-state index contributed by atoms with van der Waals surface area (Å²) in [5, 5.41) is 8.83. The molecule has 2 rings (SSSR count). The lowest BCUT2D eigenvalue weighted by atomic mass is 10.1. The summed E-state index contributed by atoms with van der Waals surface area (Å²) < 4.78 is 15.5. The molecular weight excluding hydrogens is 358 g/mol. The van der Waals surface area contributed by atoms with E-state index >= 15 is 0 Å². The third-order valence-electron chi connectivity index (χ3n) is 3.44. The Morgan fingerprint density at radius 1 is 1.00 bits per heavy atom. The quantitative estimate of drug-likeness (QED) is 0.436. The van der Waals surface area contributed by atoms with Gasteiger partial charge < -0.3 is 25.1 Å². The van der Waals surface area contributed by atoms with Crippen molar-refractivity contribution < 1.29 is 24.1 Å². The van der Waals surface area contributed by atoms with E-state index in [0.717, 1.165) is 11.1 Å². The van der Waals surface area contributed by atoms with Gasteiger partial charge in [0.05, 0.1) is 20.8 Å². The summed E-state index contributed by atoms with van der Waals surface area (Å²) in [4.78, 5) is 11.5. The first-order valence-electron chi connectivity index (χ1n) is 7.65. The molecule has 6 nitrogen and oxygen atoms in total. The average molecular weight is 380 g/mol. The number of aliphatic hydroxyl groups excluding tert-OH is 1. The molecule has 0 amide bonds. The molecule has 0 spiro atoms. The minimum absolute atomic E-state index is 0. The zero-order valence-electron chi connectivity index (χ0n) is 14.5. The fraction of sp³-hybridized carbons (Fsp3) is 0.211. The van der Waals surface area contributed by atoms with Gasteiger partial charge in [-0.3, -0.25) is 0 Å². The maximum absolute atomic E-state index is 11.5. The molecule has 0 fully saturated rings. The Labute approximate surface area is 158 Å². The van der Waals surface area contributed by atoms with Crippen LogP contribution in [0, 0.1) is 0 Å². The van der Waals surface area contributed by atoms with Crippen LogP contribution in [0.1, 0.15) is 11.1 Å². The lowest BCUT2D eigenvalue weighted by Crippen LogP contribution is -2.37. The number of halogens is 1. The topological polar surface area (TPSA) is 91.0 Å². The summed E-state index contributed by atoms with van der Waals surface area (Å²) in [6.07, 6.45) is 3.84. The Balaban J connectivity index is 0.00000338. The van der Waals surface area contributed by atoms with E-state index in [2.05, 4.69) is 0 Å². The Morgan fingerprint density at radius 2 is 1.54 bits per heavy atom. The summed E-state index contributed by atoms with van der Waals surface area (Å²) in [6, 6.07) is 11.5. The molecule has 0 aliphatic rings. The Morgan fingerprint density at radius 3 is 2.04 bits per heavy atom. The van der Waals surface area contributed by atoms with Crippen LogP contribution in [0.3, 0.4) is 0 Å². The molecule has 2 aromatic carbocycles. The highest BCUT2D eigenvalue weighted by molar-refractivity contribution is 5.85. The molecule has 0 aliphatic carbocycles. The Hall–Kier alpha value is -2.54. The SMILES string of the molecule is COc1cc(C=Cc2ccc(OC(=O)C(N)CO)cc2)cc(OC)c1.Cl. The molecule has 140 valence electrons. The predicted octanol–water partition coefficient (Wildman–Crippen LogP) is 2.52. The number of hydrogen-bond acceptors (Lipinski definition) is 6.